The normalized spacial score (nSPS) is 22.0. The van der Waals surface area contributed by atoms with E-state index in [9.17, 15) is 0 Å². The van der Waals surface area contributed by atoms with E-state index in [4.69, 9.17) is 5.73 Å². The zero-order valence-electron chi connectivity index (χ0n) is 13.2. The van der Waals surface area contributed by atoms with E-state index in [-0.39, 0.29) is 0 Å². The molecule has 1 aliphatic carbocycles. The van der Waals surface area contributed by atoms with E-state index in [2.05, 4.69) is 48.1 Å². The molecular formula is C18H25N3. The summed E-state index contributed by atoms with van der Waals surface area (Å²) in [6, 6.07) is 8.47. The summed E-state index contributed by atoms with van der Waals surface area (Å²) in [5.41, 5.74) is 11.6. The minimum absolute atomic E-state index is 0.469. The van der Waals surface area contributed by atoms with Crippen molar-refractivity contribution in [2.75, 3.05) is 7.05 Å². The van der Waals surface area contributed by atoms with E-state index in [0.717, 1.165) is 23.4 Å². The van der Waals surface area contributed by atoms with Crippen LogP contribution in [-0.2, 0) is 6.54 Å². The molecule has 1 aromatic rings. The Morgan fingerprint density at radius 3 is 2.62 bits per heavy atom. The van der Waals surface area contributed by atoms with Gasteiger partial charge in [-0.1, -0.05) is 36.4 Å². The first-order chi connectivity index (χ1) is 10.0. The van der Waals surface area contributed by atoms with Crippen LogP contribution in [0.4, 0.5) is 0 Å². The monoisotopic (exact) mass is 283 g/mol. The van der Waals surface area contributed by atoms with Crippen LogP contribution in [0.5, 0.6) is 0 Å². The van der Waals surface area contributed by atoms with Crippen molar-refractivity contribution in [3.05, 3.63) is 58.9 Å². The van der Waals surface area contributed by atoms with Crippen LogP contribution in [0.3, 0.4) is 0 Å². The fourth-order valence-electron chi connectivity index (χ4n) is 2.54. The molecule has 3 heteroatoms. The minimum atomic E-state index is 0.469. The molecule has 0 aliphatic heterocycles. The molecule has 1 saturated carbocycles. The average Bonchev–Trinajstić information content (AvgIpc) is 3.24. The molecule has 1 aliphatic rings. The zero-order valence-corrected chi connectivity index (χ0v) is 13.2. The van der Waals surface area contributed by atoms with E-state index in [1.54, 1.807) is 0 Å². The van der Waals surface area contributed by atoms with Gasteiger partial charge in [0.05, 0.1) is 6.54 Å². The van der Waals surface area contributed by atoms with Crippen LogP contribution >= 0.6 is 0 Å². The number of hydrogen-bond donors (Lipinski definition) is 2. The van der Waals surface area contributed by atoms with Gasteiger partial charge in [0.25, 0.3) is 0 Å². The van der Waals surface area contributed by atoms with Gasteiger partial charge in [0.15, 0.2) is 0 Å². The van der Waals surface area contributed by atoms with E-state index in [0.29, 0.717) is 18.4 Å². The number of hydrogen-bond acceptors (Lipinski definition) is 3. The van der Waals surface area contributed by atoms with Crippen LogP contribution in [0.25, 0.3) is 0 Å². The molecule has 0 amide bonds. The number of nitrogens with two attached hydrogens (primary N) is 1. The Labute approximate surface area is 127 Å². The molecule has 0 bridgehead atoms. The number of allylic oxidation sites excluding steroid dienone is 3. The lowest BCUT2D eigenvalue weighted by molar-refractivity contribution is 0.805. The molecule has 21 heavy (non-hydrogen) atoms. The molecule has 2 unspecified atom stereocenters. The number of benzene rings is 1. The van der Waals surface area contributed by atoms with Gasteiger partial charge in [-0.2, -0.15) is 0 Å². The first-order valence-corrected chi connectivity index (χ1v) is 7.41. The van der Waals surface area contributed by atoms with E-state index < -0.39 is 0 Å². The number of aliphatic imine (C=N–C) groups is 1. The van der Waals surface area contributed by atoms with Gasteiger partial charge in [-0.25, -0.2) is 0 Å². The van der Waals surface area contributed by atoms with Gasteiger partial charge in [-0.05, 0) is 37.3 Å². The molecule has 112 valence electrons. The minimum Gasteiger partial charge on any atom is -0.402 e. The quantitative estimate of drug-likeness (QED) is 0.788. The van der Waals surface area contributed by atoms with Crippen LogP contribution in [0.2, 0.25) is 0 Å². The van der Waals surface area contributed by atoms with Crippen molar-refractivity contribution < 1.29 is 0 Å². The predicted molar refractivity (Wildman–Crippen MR) is 90.1 cm³/mol. The first-order valence-electron chi connectivity index (χ1n) is 7.41. The third-order valence-electron chi connectivity index (χ3n) is 4.04. The number of aryl methyl sites for hydroxylation is 1. The molecule has 1 aromatic carbocycles. The van der Waals surface area contributed by atoms with Gasteiger partial charge < -0.3 is 11.1 Å². The summed E-state index contributed by atoms with van der Waals surface area (Å²) < 4.78 is 0. The molecule has 0 heterocycles. The lowest BCUT2D eigenvalue weighted by Crippen LogP contribution is -2.09. The van der Waals surface area contributed by atoms with Gasteiger partial charge in [0.2, 0.25) is 0 Å². The molecule has 3 nitrogen and oxygen atoms in total. The molecule has 0 saturated heterocycles. The summed E-state index contributed by atoms with van der Waals surface area (Å²) in [6.07, 6.45) is 3.06. The van der Waals surface area contributed by atoms with Gasteiger partial charge in [0, 0.05) is 30.6 Å². The summed E-state index contributed by atoms with van der Waals surface area (Å²) in [5.74, 6) is 0.964. The van der Waals surface area contributed by atoms with Crippen LogP contribution in [0, 0.1) is 18.8 Å². The fraction of sp³-hybridized carbons (Fsp3) is 0.389. The zero-order chi connectivity index (χ0) is 15.4. The summed E-state index contributed by atoms with van der Waals surface area (Å²) >= 11 is 0. The lowest BCUT2D eigenvalue weighted by Gasteiger charge is -2.06. The maximum atomic E-state index is 6.02. The van der Waals surface area contributed by atoms with Crippen molar-refractivity contribution >= 4 is 6.21 Å². The highest BCUT2D eigenvalue weighted by Gasteiger charge is 2.41. The van der Waals surface area contributed by atoms with Crippen molar-refractivity contribution in [2.24, 2.45) is 22.6 Å². The molecule has 0 spiro atoms. The van der Waals surface area contributed by atoms with Crippen LogP contribution in [-0.4, -0.2) is 13.3 Å². The Morgan fingerprint density at radius 1 is 1.38 bits per heavy atom. The molecule has 2 rings (SSSR count). The van der Waals surface area contributed by atoms with Crippen molar-refractivity contribution in [1.29, 1.82) is 0 Å². The highest BCUT2D eigenvalue weighted by atomic mass is 14.9. The smallest absolute Gasteiger partial charge is 0.0639 e. The topological polar surface area (TPSA) is 50.4 Å². The number of nitrogens with one attached hydrogen (secondary N) is 1. The average molecular weight is 283 g/mol. The van der Waals surface area contributed by atoms with Crippen molar-refractivity contribution in [2.45, 2.75) is 26.8 Å². The number of rotatable bonds is 6. The van der Waals surface area contributed by atoms with Crippen LogP contribution < -0.4 is 11.1 Å². The predicted octanol–water partition coefficient (Wildman–Crippen LogP) is 3.17. The highest BCUT2D eigenvalue weighted by Crippen LogP contribution is 2.47. The summed E-state index contributed by atoms with van der Waals surface area (Å²) in [7, 11) is 1.92. The summed E-state index contributed by atoms with van der Waals surface area (Å²) in [4.78, 5) is 4.56. The van der Waals surface area contributed by atoms with Crippen molar-refractivity contribution in [1.82, 2.24) is 5.32 Å². The Morgan fingerprint density at radius 2 is 2.05 bits per heavy atom. The van der Waals surface area contributed by atoms with E-state index >= 15 is 0 Å². The third-order valence-corrected chi connectivity index (χ3v) is 4.04. The van der Waals surface area contributed by atoms with Crippen LogP contribution in [0.15, 0.2) is 52.8 Å². The van der Waals surface area contributed by atoms with Crippen molar-refractivity contribution in [3.63, 3.8) is 0 Å². The Bertz CT molecular complexity index is 563. The Balaban J connectivity index is 1.99. The summed E-state index contributed by atoms with van der Waals surface area (Å²) in [6.45, 7) is 8.78. The highest BCUT2D eigenvalue weighted by molar-refractivity contribution is 5.81. The largest absolute Gasteiger partial charge is 0.402 e. The second-order valence-corrected chi connectivity index (χ2v) is 5.82. The second-order valence-electron chi connectivity index (χ2n) is 5.82. The third kappa shape index (κ3) is 3.97. The fourth-order valence-corrected chi connectivity index (χ4v) is 2.54. The van der Waals surface area contributed by atoms with Crippen LogP contribution in [0.1, 0.15) is 24.5 Å². The van der Waals surface area contributed by atoms with E-state index in [1.807, 2.05) is 20.2 Å². The van der Waals surface area contributed by atoms with Gasteiger partial charge in [0.1, 0.15) is 0 Å². The van der Waals surface area contributed by atoms with Crippen molar-refractivity contribution in [3.8, 4) is 0 Å². The SMILES string of the molecule is C=C(NC)C1CC1C(C=NCc1ccc(C)cc1)=C(C)N. The van der Waals surface area contributed by atoms with Gasteiger partial charge in [-0.15, -0.1) is 0 Å². The maximum Gasteiger partial charge on any atom is 0.0639 e. The molecule has 2 atom stereocenters. The first kappa shape index (κ1) is 15.4. The molecule has 3 N–H and O–H groups in total. The van der Waals surface area contributed by atoms with Gasteiger partial charge >= 0.3 is 0 Å². The maximum absolute atomic E-state index is 6.02. The van der Waals surface area contributed by atoms with Gasteiger partial charge in [-0.3, -0.25) is 4.99 Å². The standard InChI is InChI=1S/C18H25N3/c1-12-5-7-15(8-6-12)10-21-11-18(13(2)19)17-9-16(17)14(3)20-4/h5-8,11,16-17,20H,3,9-10,19H2,1-2,4H3. The molecule has 0 aromatic heterocycles. The number of nitrogens with zero attached hydrogens (tertiary/aromatic N) is 1. The molecule has 0 radical (unpaired) electrons. The van der Waals surface area contributed by atoms with E-state index in [1.165, 1.54) is 11.1 Å². The second kappa shape index (κ2) is 6.61. The molecule has 1 fully saturated rings. The Hall–Kier alpha value is -2.03. The lowest BCUT2D eigenvalue weighted by atomic mass is 10.1. The summed E-state index contributed by atoms with van der Waals surface area (Å²) in [5, 5.41) is 3.14. The Kier molecular flexibility index (Phi) is 4.84. The molecular weight excluding hydrogens is 258 g/mol.